The highest BCUT2D eigenvalue weighted by Gasteiger charge is 2.22. The van der Waals surface area contributed by atoms with Crippen molar-refractivity contribution in [1.82, 2.24) is 19.6 Å². The number of anilines is 1. The van der Waals surface area contributed by atoms with Gasteiger partial charge in [-0.1, -0.05) is 330 Å². The van der Waals surface area contributed by atoms with Gasteiger partial charge in [0, 0.05) is 31.6 Å². The quantitative estimate of drug-likeness (QED) is 0.0425. The normalized spacial score (nSPS) is 17.9. The second kappa shape index (κ2) is 74.8. The predicted octanol–water partition coefficient (Wildman–Crippen LogP) is 29.8. The lowest BCUT2D eigenvalue weighted by molar-refractivity contribution is -0.476. The summed E-state index contributed by atoms with van der Waals surface area (Å²) in [6.45, 7) is 64.5. The molecule has 0 spiro atoms. The van der Waals surface area contributed by atoms with Crippen LogP contribution in [0.2, 0.25) is 0 Å². The number of hydrogen-bond donors (Lipinski definition) is 0. The summed E-state index contributed by atoms with van der Waals surface area (Å²) < 4.78 is 35.5. The third-order valence-corrected chi connectivity index (χ3v) is 31.8. The number of hydrogen-bond acceptors (Lipinski definition) is 9. The number of fused-ring (bicyclic) bond motifs is 8. The predicted molar refractivity (Wildman–Crippen MR) is 671 cm³/mol. The van der Waals surface area contributed by atoms with E-state index in [1.807, 2.05) is 314 Å². The fraction of sp³-hybridized carbons (Fsp3) is 0.377. The molecule has 0 amide bonds. The van der Waals surface area contributed by atoms with E-state index in [1.54, 1.807) is 64.1 Å². The van der Waals surface area contributed by atoms with Crippen LogP contribution < -0.4 is 14.9 Å². The number of rotatable bonds is 0. The van der Waals surface area contributed by atoms with Gasteiger partial charge in [0.05, 0.1) is 77.7 Å². The minimum Gasteiger partial charge on any atom is -0.496 e. The monoisotopic (exact) mass is 2150 g/mol. The topological polar surface area (TPSA) is 132 Å². The molecule has 4 aromatic carbocycles. The van der Waals surface area contributed by atoms with Crippen LogP contribution in [-0.4, -0.2) is 264 Å². The highest BCUT2D eigenvalue weighted by Crippen LogP contribution is 2.48. The van der Waals surface area contributed by atoms with E-state index in [9.17, 15) is 0 Å². The van der Waals surface area contributed by atoms with Crippen molar-refractivity contribution in [3.8, 4) is 5.75 Å². The average Bonchev–Trinajstić information content (AvgIpc) is 0.826. The molecule has 820 valence electrons. The molecular weight excluding hydrogens is 1970 g/mol. The number of nitrogens with zero attached hydrogens (tertiary/aromatic N) is 19. The van der Waals surface area contributed by atoms with Crippen molar-refractivity contribution in [2.24, 2.45) is 0 Å². The summed E-state index contributed by atoms with van der Waals surface area (Å²) in [5.74, 6) is 8.53. The summed E-state index contributed by atoms with van der Waals surface area (Å²) in [5.41, 5.74) is 44.4. The number of carbonyl (C=O) groups excluding carboxylic acids is 1. The molecule has 16 aliphatic rings. The summed E-state index contributed by atoms with van der Waals surface area (Å²) in [6, 6.07) is 34.9. The van der Waals surface area contributed by atoms with E-state index in [2.05, 4.69) is 367 Å². The van der Waals surface area contributed by atoms with Gasteiger partial charge in [0.2, 0.25) is 24.3 Å². The van der Waals surface area contributed by atoms with Crippen molar-refractivity contribution in [2.75, 3.05) is 131 Å². The molecule has 22 nitrogen and oxygen atoms in total. The van der Waals surface area contributed by atoms with Gasteiger partial charge in [-0.2, -0.15) is 0 Å². The van der Waals surface area contributed by atoms with Crippen LogP contribution in [0.25, 0.3) is 21.7 Å². The molecule has 12 aliphatic heterocycles. The molecule has 0 saturated carbocycles. The summed E-state index contributed by atoms with van der Waals surface area (Å²) in [4.78, 5) is 13.0. The molecule has 0 radical (unpaired) electrons. The fourth-order valence-electron chi connectivity index (χ4n) is 14.0. The molecule has 4 aliphatic carbocycles. The molecular formula is C122H186N19O3P3S3. The maximum Gasteiger partial charge on any atom is 0.324 e. The van der Waals surface area contributed by atoms with Gasteiger partial charge < -0.3 is 64.1 Å². The number of allylic oxidation sites excluding steroid dienone is 21. The Kier molecular flexibility index (Phi) is 67.8. The zero-order valence-electron chi connectivity index (χ0n) is 100. The van der Waals surface area contributed by atoms with Gasteiger partial charge in [-0.3, -0.25) is 18.8 Å². The number of amides is 1. The van der Waals surface area contributed by atoms with E-state index in [1.165, 1.54) is 99.6 Å². The Morgan fingerprint density at radius 3 is 1.53 bits per heavy atom. The first-order valence-corrected chi connectivity index (χ1v) is 60.3. The minimum atomic E-state index is -0.140. The smallest absolute Gasteiger partial charge is 0.324 e. The first-order valence-electron chi connectivity index (χ1n) is 52.1. The third-order valence-electron chi connectivity index (χ3n) is 22.9. The summed E-state index contributed by atoms with van der Waals surface area (Å²) in [7, 11) is 30.0. The van der Waals surface area contributed by atoms with Gasteiger partial charge in [-0.25, -0.2) is 23.3 Å². The van der Waals surface area contributed by atoms with Crippen LogP contribution in [0.15, 0.2) is 288 Å². The molecule has 150 heavy (non-hydrogen) atoms. The van der Waals surface area contributed by atoms with Crippen molar-refractivity contribution >= 4 is 165 Å². The Hall–Kier alpha value is -12.1. The number of thioether (sulfide) groups is 2. The van der Waals surface area contributed by atoms with Gasteiger partial charge in [-0.15, -0.1) is 117 Å². The van der Waals surface area contributed by atoms with Crippen LogP contribution >= 0.6 is 47.3 Å². The van der Waals surface area contributed by atoms with Gasteiger partial charge in [0.15, 0.2) is 23.0 Å². The lowest BCUT2D eigenvalue weighted by atomic mass is 10.0. The zero-order chi connectivity index (χ0) is 114. The summed E-state index contributed by atoms with van der Waals surface area (Å²) >= 11 is 5.27. The van der Waals surface area contributed by atoms with Crippen molar-refractivity contribution < 1.29 is 60.1 Å². The second-order valence-corrected chi connectivity index (χ2v) is 42.1. The largest absolute Gasteiger partial charge is 0.496 e. The van der Waals surface area contributed by atoms with Crippen LogP contribution in [0.4, 0.5) is 28.4 Å². The standard InChI is InChI=1S/C10H12N2.C10H12NP.C9H11N3.C9H11N2P.C9H16N2.C9H9NO.C9H16NP.C9H9NS.C8H8N2O.C8H8N2S.C8H13NO.C8H13NS.8C2H6/c2*1-11-7-9-5-3-4-6-10(9)12(2)8-11;1-11-7-12(2)10-8-5-3-4-6-9(8)11;1-11-7-12(2)9-6-4-3-5-8(9)10-11;1-7-8(2)10(4)6-11(5)9(7)3;1-10-6-8-4-2-3-5-9(8)11-7-10;1-7-8(2)10(4)6-11(5)9(7)3;1-10-6-8-4-2-3-5-9(8)11-7-10;2*1-10-6-11-8-5-3-2-4-7(8)9-10;2*1-6-7(2)9(4)5-10-8(6)3;8*1-2/h2*3-8H,1-2H3;2*3-7H,1-2H3;6H,1-5H3;2-7H,1H3;6H,1-5H3;2-7H,1H3;2*2-6H,1H3;2*5H,1-4H3;8*1-2H3. The Labute approximate surface area is 927 Å². The van der Waals surface area contributed by atoms with Crippen LogP contribution in [0.3, 0.4) is 0 Å². The van der Waals surface area contributed by atoms with Crippen molar-refractivity contribution in [3.63, 3.8) is 0 Å². The maximum atomic E-state index is 5.31. The molecule has 28 heteroatoms. The number of ether oxygens (including phenoxy) is 2. The maximum absolute atomic E-state index is 5.31. The average molecular weight is 2160 g/mol. The Morgan fingerprint density at radius 2 is 0.893 bits per heavy atom. The molecule has 0 aromatic heterocycles. The van der Waals surface area contributed by atoms with E-state index in [0.717, 1.165) is 51.6 Å². The van der Waals surface area contributed by atoms with E-state index < -0.39 is 0 Å². The lowest BCUT2D eigenvalue weighted by Crippen LogP contribution is -2.30. The molecule has 3 atom stereocenters. The SMILES string of the molecule is CC.CC.CC.CC.CC.CC.CC.CC.CC1=C(C)N(C)C=[N+](C)[C-]1C.CC1=C(C)N(C)C=[O+][C-]1C.CC1=C(C)N(C)C=[S+][C-]1C.CC1=C(C)P(C)C=[N+](C)[C-]1C.CN1C=[N+](C)C=C2[CH-]C=CC=C21.CN1C=[N+](C)[N-]c2ccccc21.C[N+]1=COC2=CC=C[CH-]C2=C1.C[N+]1=COc2ccccc2[N-]1.C[N+]1=CP(C)C2=CC=C[CH-]C2=C1.C[N+]1=CP(C)c2ccccc2[N-]1.C[N+]1=CSC2=CC=C[CH-]C2=C1.C[N+]1=CSc2ccccc2[N-]1. The van der Waals surface area contributed by atoms with Gasteiger partial charge in [0.1, 0.15) is 84.7 Å². The Balaban J connectivity index is 0.000000808. The number of likely N-dealkylation sites (N-methyl/N-ethyl adjacent to an activating group) is 3. The van der Waals surface area contributed by atoms with E-state index >= 15 is 0 Å². The number of benzene rings is 4. The van der Waals surface area contributed by atoms with Crippen LogP contribution in [0.1, 0.15) is 194 Å². The van der Waals surface area contributed by atoms with Crippen molar-refractivity contribution in [1.29, 1.82) is 0 Å². The molecule has 20 rings (SSSR count). The minimum absolute atomic E-state index is 0.00154. The molecule has 12 heterocycles. The van der Waals surface area contributed by atoms with Crippen LogP contribution in [0.5, 0.6) is 5.75 Å². The first-order chi connectivity index (χ1) is 71.8. The van der Waals surface area contributed by atoms with E-state index in [-0.39, 0.29) is 23.8 Å². The fourth-order valence-corrected chi connectivity index (χ4v) is 20.8. The van der Waals surface area contributed by atoms with E-state index in [4.69, 9.17) is 13.9 Å². The molecule has 0 saturated heterocycles. The third kappa shape index (κ3) is 45.2. The highest BCUT2D eigenvalue weighted by atomic mass is 32.2. The first kappa shape index (κ1) is 136. The molecule has 0 bridgehead atoms. The number of para-hydroxylation sites is 2. The Bertz CT molecular complexity index is 5500. The van der Waals surface area contributed by atoms with Gasteiger partial charge in [0.25, 0.3) is 6.41 Å². The highest BCUT2D eigenvalue weighted by molar-refractivity contribution is 8.15. The van der Waals surface area contributed by atoms with E-state index in [0.29, 0.717) is 0 Å². The molecule has 0 N–H and O–H groups in total. The van der Waals surface area contributed by atoms with Crippen LogP contribution in [0, 0.1) is 49.1 Å². The second-order valence-electron chi connectivity index (χ2n) is 33.2. The molecule has 3 unspecified atom stereocenters. The van der Waals surface area contributed by atoms with Crippen LogP contribution in [-0.2, 0) is 20.5 Å². The Morgan fingerprint density at radius 1 is 0.387 bits per heavy atom. The van der Waals surface area contributed by atoms with Crippen molar-refractivity contribution in [3.05, 3.63) is 354 Å². The zero-order valence-corrected chi connectivity index (χ0v) is 105. The summed E-state index contributed by atoms with van der Waals surface area (Å²) in [5, 5.41) is 5.85. The lowest BCUT2D eigenvalue weighted by Gasteiger charge is -2.31. The van der Waals surface area contributed by atoms with Gasteiger partial charge >= 0.3 is 12.8 Å². The van der Waals surface area contributed by atoms with Gasteiger partial charge in [-0.05, 0) is 120 Å². The molecule has 0 fully saturated rings. The summed E-state index contributed by atoms with van der Waals surface area (Å²) in [6.07, 6.45) is 53.8. The molecule has 4 aromatic rings. The van der Waals surface area contributed by atoms with Crippen molar-refractivity contribution in [2.45, 2.75) is 199 Å².